The summed E-state index contributed by atoms with van der Waals surface area (Å²) in [5.41, 5.74) is 1.29. The molecule has 0 unspecified atom stereocenters. The van der Waals surface area contributed by atoms with Crippen molar-refractivity contribution in [3.63, 3.8) is 0 Å². The van der Waals surface area contributed by atoms with Crippen molar-refractivity contribution in [2.45, 2.75) is 50.9 Å². The number of thiophene rings is 1. The number of alkyl halides is 3. The maximum Gasteiger partial charge on any atom is 0.391 e. The Kier molecular flexibility index (Phi) is 4.96. The lowest BCUT2D eigenvalue weighted by Crippen LogP contribution is -2.45. The third-order valence-corrected chi connectivity index (χ3v) is 5.83. The zero-order valence-electron chi connectivity index (χ0n) is 12.9. The summed E-state index contributed by atoms with van der Waals surface area (Å²) in [7, 11) is 0. The standard InChI is InChI=1S/C16H21F3N2OS/c17-16(18,19)12-1-3-13(4-2-12)20-15(22)10-21-7-5-14-11(9-21)6-8-23-14/h6,8,12-13H,1-5,7,9-10H2,(H,20,22). The van der Waals surface area contributed by atoms with Gasteiger partial charge in [-0.05, 0) is 49.1 Å². The summed E-state index contributed by atoms with van der Waals surface area (Å²) in [6.07, 6.45) is -2.04. The number of hydrogen-bond donors (Lipinski definition) is 1. The average molecular weight is 346 g/mol. The second-order valence-corrected chi connectivity index (χ2v) is 7.49. The highest BCUT2D eigenvalue weighted by molar-refractivity contribution is 7.10. The molecule has 1 amide bonds. The van der Waals surface area contributed by atoms with E-state index in [1.54, 1.807) is 11.3 Å². The van der Waals surface area contributed by atoms with Gasteiger partial charge in [-0.1, -0.05) is 0 Å². The Hall–Kier alpha value is -1.08. The lowest BCUT2D eigenvalue weighted by atomic mass is 9.85. The Labute approximate surface area is 137 Å². The SMILES string of the molecule is O=C(CN1CCc2sccc2C1)NC1CCC(C(F)(F)F)CC1. The summed E-state index contributed by atoms with van der Waals surface area (Å²) in [6.45, 7) is 1.98. The third kappa shape index (κ3) is 4.26. The summed E-state index contributed by atoms with van der Waals surface area (Å²) in [6, 6.07) is 1.99. The van der Waals surface area contributed by atoms with Gasteiger partial charge in [-0.15, -0.1) is 11.3 Å². The first-order valence-corrected chi connectivity index (χ1v) is 8.93. The maximum absolute atomic E-state index is 12.6. The first-order chi connectivity index (χ1) is 10.9. The van der Waals surface area contributed by atoms with Crippen LogP contribution in [0.5, 0.6) is 0 Å². The molecule has 2 aliphatic rings. The van der Waals surface area contributed by atoms with Crippen LogP contribution in [-0.2, 0) is 17.8 Å². The summed E-state index contributed by atoms with van der Waals surface area (Å²) in [5.74, 6) is -1.27. The van der Waals surface area contributed by atoms with Crippen molar-refractivity contribution in [1.29, 1.82) is 0 Å². The maximum atomic E-state index is 12.6. The highest BCUT2D eigenvalue weighted by atomic mass is 32.1. The highest BCUT2D eigenvalue weighted by Crippen LogP contribution is 2.37. The van der Waals surface area contributed by atoms with Gasteiger partial charge < -0.3 is 5.32 Å². The number of nitrogens with one attached hydrogen (secondary N) is 1. The smallest absolute Gasteiger partial charge is 0.352 e. The van der Waals surface area contributed by atoms with Crippen molar-refractivity contribution in [3.8, 4) is 0 Å². The number of nitrogens with zero attached hydrogens (tertiary/aromatic N) is 1. The Balaban J connectivity index is 1.42. The van der Waals surface area contributed by atoms with Gasteiger partial charge in [0.05, 0.1) is 12.5 Å². The minimum absolute atomic E-state index is 0.0702. The minimum atomic E-state index is -4.10. The van der Waals surface area contributed by atoms with Crippen molar-refractivity contribution in [1.82, 2.24) is 10.2 Å². The van der Waals surface area contributed by atoms with Crippen LogP contribution in [0.2, 0.25) is 0 Å². The van der Waals surface area contributed by atoms with Gasteiger partial charge in [0.1, 0.15) is 0 Å². The molecule has 3 rings (SSSR count). The molecule has 1 saturated carbocycles. The Morgan fingerprint density at radius 2 is 2.04 bits per heavy atom. The van der Waals surface area contributed by atoms with E-state index in [-0.39, 0.29) is 24.8 Å². The number of fused-ring (bicyclic) bond motifs is 1. The quantitative estimate of drug-likeness (QED) is 0.910. The molecule has 1 aliphatic carbocycles. The van der Waals surface area contributed by atoms with Gasteiger partial charge >= 0.3 is 6.18 Å². The fraction of sp³-hybridized carbons (Fsp3) is 0.688. The van der Waals surface area contributed by atoms with E-state index in [9.17, 15) is 18.0 Å². The van der Waals surface area contributed by atoms with Crippen molar-refractivity contribution in [2.24, 2.45) is 5.92 Å². The number of halogens is 3. The van der Waals surface area contributed by atoms with Crippen LogP contribution in [0.25, 0.3) is 0 Å². The molecule has 0 saturated heterocycles. The van der Waals surface area contributed by atoms with E-state index in [0.717, 1.165) is 19.5 Å². The average Bonchev–Trinajstić information content (AvgIpc) is 2.94. The molecule has 1 N–H and O–H groups in total. The minimum Gasteiger partial charge on any atom is -0.352 e. The van der Waals surface area contributed by atoms with Gasteiger partial charge in [0, 0.05) is 24.0 Å². The molecule has 2 heterocycles. The lowest BCUT2D eigenvalue weighted by Gasteiger charge is -2.31. The largest absolute Gasteiger partial charge is 0.391 e. The van der Waals surface area contributed by atoms with E-state index in [2.05, 4.69) is 21.7 Å². The van der Waals surface area contributed by atoms with E-state index in [1.165, 1.54) is 10.4 Å². The summed E-state index contributed by atoms with van der Waals surface area (Å²) in [5, 5.41) is 4.99. The molecule has 1 aromatic rings. The fourth-order valence-electron chi connectivity index (χ4n) is 3.48. The van der Waals surface area contributed by atoms with Gasteiger partial charge in [-0.3, -0.25) is 9.69 Å². The highest BCUT2D eigenvalue weighted by Gasteiger charge is 2.41. The summed E-state index contributed by atoms with van der Waals surface area (Å²) < 4.78 is 37.9. The molecule has 1 fully saturated rings. The topological polar surface area (TPSA) is 32.3 Å². The molecule has 128 valence electrons. The zero-order chi connectivity index (χ0) is 16.4. The molecule has 3 nitrogen and oxygen atoms in total. The van der Waals surface area contributed by atoms with Crippen LogP contribution in [0.4, 0.5) is 13.2 Å². The van der Waals surface area contributed by atoms with Crippen LogP contribution < -0.4 is 5.32 Å². The first-order valence-electron chi connectivity index (χ1n) is 8.05. The van der Waals surface area contributed by atoms with Gasteiger partial charge in [-0.2, -0.15) is 13.2 Å². The van der Waals surface area contributed by atoms with Gasteiger partial charge in [0.15, 0.2) is 0 Å². The normalized spacial score (nSPS) is 25.9. The van der Waals surface area contributed by atoms with Crippen LogP contribution in [0, 0.1) is 5.92 Å². The van der Waals surface area contributed by atoms with Crippen molar-refractivity contribution in [3.05, 3.63) is 21.9 Å². The number of amides is 1. The van der Waals surface area contributed by atoms with Crippen molar-refractivity contribution < 1.29 is 18.0 Å². The molecule has 0 aromatic carbocycles. The Morgan fingerprint density at radius 3 is 2.74 bits per heavy atom. The molecular weight excluding hydrogens is 325 g/mol. The van der Waals surface area contributed by atoms with E-state index in [1.807, 2.05) is 0 Å². The lowest BCUT2D eigenvalue weighted by molar-refractivity contribution is -0.182. The van der Waals surface area contributed by atoms with Gasteiger partial charge in [-0.25, -0.2) is 0 Å². The second kappa shape index (κ2) is 6.81. The van der Waals surface area contributed by atoms with Crippen LogP contribution in [0.1, 0.15) is 36.1 Å². The summed E-state index contributed by atoms with van der Waals surface area (Å²) >= 11 is 1.76. The predicted molar refractivity (Wildman–Crippen MR) is 83.2 cm³/mol. The van der Waals surface area contributed by atoms with E-state index in [0.29, 0.717) is 19.4 Å². The molecule has 1 aromatic heterocycles. The molecule has 1 aliphatic heterocycles. The van der Waals surface area contributed by atoms with Gasteiger partial charge in [0.25, 0.3) is 0 Å². The van der Waals surface area contributed by atoms with E-state index >= 15 is 0 Å². The number of hydrogen-bond acceptors (Lipinski definition) is 3. The molecule has 23 heavy (non-hydrogen) atoms. The third-order valence-electron chi connectivity index (χ3n) is 4.81. The molecule has 0 atom stereocenters. The second-order valence-electron chi connectivity index (χ2n) is 6.49. The van der Waals surface area contributed by atoms with Crippen LogP contribution in [-0.4, -0.2) is 36.1 Å². The van der Waals surface area contributed by atoms with E-state index in [4.69, 9.17) is 0 Å². The molecule has 0 spiro atoms. The number of rotatable bonds is 3. The van der Waals surface area contributed by atoms with E-state index < -0.39 is 12.1 Å². The summed E-state index contributed by atoms with van der Waals surface area (Å²) in [4.78, 5) is 15.6. The molecule has 0 bridgehead atoms. The van der Waals surface area contributed by atoms with Crippen molar-refractivity contribution in [2.75, 3.05) is 13.1 Å². The Bertz CT molecular complexity index is 550. The monoisotopic (exact) mass is 346 g/mol. The van der Waals surface area contributed by atoms with Crippen LogP contribution in [0.15, 0.2) is 11.4 Å². The molecule has 7 heteroatoms. The predicted octanol–water partition coefficient (Wildman–Crippen LogP) is 3.34. The van der Waals surface area contributed by atoms with Crippen LogP contribution in [0.3, 0.4) is 0 Å². The zero-order valence-corrected chi connectivity index (χ0v) is 13.7. The van der Waals surface area contributed by atoms with Gasteiger partial charge in [0.2, 0.25) is 5.91 Å². The first kappa shape index (κ1) is 16.8. The molecular formula is C16H21F3N2OS. The number of carbonyl (C=O) groups is 1. The van der Waals surface area contributed by atoms with Crippen LogP contribution >= 0.6 is 11.3 Å². The fourth-order valence-corrected chi connectivity index (χ4v) is 4.37. The number of carbonyl (C=O) groups excluding carboxylic acids is 1. The molecule has 0 radical (unpaired) electrons. The Morgan fingerprint density at radius 1 is 1.30 bits per heavy atom. The van der Waals surface area contributed by atoms with Crippen molar-refractivity contribution >= 4 is 17.2 Å².